The number of hydrogen-bond acceptors (Lipinski definition) is 4. The van der Waals surface area contributed by atoms with E-state index in [2.05, 4.69) is 5.32 Å². The lowest BCUT2D eigenvalue weighted by Crippen LogP contribution is -2.44. The van der Waals surface area contributed by atoms with Crippen LogP contribution in [0.25, 0.3) is 0 Å². The minimum atomic E-state index is 0.156. The molecule has 100 valence electrons. The summed E-state index contributed by atoms with van der Waals surface area (Å²) in [5, 5.41) is 12.0. The molecular formula is C12H24N2O3. The molecule has 1 aliphatic rings. The molecule has 0 radical (unpaired) electrons. The van der Waals surface area contributed by atoms with Gasteiger partial charge < -0.3 is 20.1 Å². The summed E-state index contributed by atoms with van der Waals surface area (Å²) in [6.07, 6.45) is 1.99. The number of carbonyl (C=O) groups is 1. The first-order valence-corrected chi connectivity index (χ1v) is 6.41. The van der Waals surface area contributed by atoms with Crippen molar-refractivity contribution < 1.29 is 14.6 Å². The maximum atomic E-state index is 11.7. The van der Waals surface area contributed by atoms with Gasteiger partial charge in [-0.1, -0.05) is 6.92 Å². The zero-order valence-electron chi connectivity index (χ0n) is 10.7. The standard InChI is InChI=1S/C12H24N2O3/c1-11(10-15)3-2-4-13-9-12(16)14-5-7-17-8-6-14/h11,13,15H,2-10H2,1H3. The lowest BCUT2D eigenvalue weighted by Gasteiger charge is -2.26. The Labute approximate surface area is 103 Å². The highest BCUT2D eigenvalue weighted by Crippen LogP contribution is 2.02. The van der Waals surface area contributed by atoms with Gasteiger partial charge in [0.15, 0.2) is 0 Å². The summed E-state index contributed by atoms with van der Waals surface area (Å²) in [6.45, 7) is 6.24. The number of rotatable bonds is 7. The van der Waals surface area contributed by atoms with Crippen molar-refractivity contribution in [3.05, 3.63) is 0 Å². The largest absolute Gasteiger partial charge is 0.396 e. The molecule has 1 amide bonds. The first-order chi connectivity index (χ1) is 8.24. The topological polar surface area (TPSA) is 61.8 Å². The van der Waals surface area contributed by atoms with Crippen molar-refractivity contribution in [1.82, 2.24) is 10.2 Å². The third-order valence-electron chi connectivity index (χ3n) is 3.00. The van der Waals surface area contributed by atoms with Crippen molar-refractivity contribution in [3.63, 3.8) is 0 Å². The molecular weight excluding hydrogens is 220 g/mol. The molecule has 5 heteroatoms. The number of hydrogen-bond donors (Lipinski definition) is 2. The van der Waals surface area contributed by atoms with Crippen molar-refractivity contribution in [3.8, 4) is 0 Å². The molecule has 1 unspecified atom stereocenters. The Morgan fingerprint density at radius 3 is 2.82 bits per heavy atom. The monoisotopic (exact) mass is 244 g/mol. The van der Waals surface area contributed by atoms with Gasteiger partial charge in [-0.05, 0) is 25.3 Å². The Morgan fingerprint density at radius 2 is 2.18 bits per heavy atom. The summed E-state index contributed by atoms with van der Waals surface area (Å²) in [7, 11) is 0. The van der Waals surface area contributed by atoms with Crippen molar-refractivity contribution in [2.24, 2.45) is 5.92 Å². The lowest BCUT2D eigenvalue weighted by atomic mass is 10.1. The van der Waals surface area contributed by atoms with Crippen LogP contribution < -0.4 is 5.32 Å². The summed E-state index contributed by atoms with van der Waals surface area (Å²) in [5.74, 6) is 0.509. The number of amides is 1. The van der Waals surface area contributed by atoms with Gasteiger partial charge >= 0.3 is 0 Å². The second-order valence-corrected chi connectivity index (χ2v) is 4.60. The summed E-state index contributed by atoms with van der Waals surface area (Å²) < 4.78 is 5.19. The first kappa shape index (κ1) is 14.4. The Hall–Kier alpha value is -0.650. The van der Waals surface area contributed by atoms with Gasteiger partial charge in [0.05, 0.1) is 19.8 Å². The Bertz CT molecular complexity index is 218. The van der Waals surface area contributed by atoms with Gasteiger partial charge in [-0.2, -0.15) is 0 Å². The first-order valence-electron chi connectivity index (χ1n) is 6.41. The maximum absolute atomic E-state index is 11.7. The molecule has 2 N–H and O–H groups in total. The quantitative estimate of drug-likeness (QED) is 0.611. The minimum Gasteiger partial charge on any atom is -0.396 e. The van der Waals surface area contributed by atoms with E-state index in [0.29, 0.717) is 38.8 Å². The van der Waals surface area contributed by atoms with E-state index in [1.165, 1.54) is 0 Å². The molecule has 1 heterocycles. The van der Waals surface area contributed by atoms with E-state index in [4.69, 9.17) is 9.84 Å². The summed E-state index contributed by atoms with van der Waals surface area (Å²) in [5.41, 5.74) is 0. The summed E-state index contributed by atoms with van der Waals surface area (Å²) in [4.78, 5) is 13.6. The second kappa shape index (κ2) is 8.44. The normalized spacial score (nSPS) is 18.1. The minimum absolute atomic E-state index is 0.156. The van der Waals surface area contributed by atoms with Gasteiger partial charge in [0.25, 0.3) is 0 Å². The van der Waals surface area contributed by atoms with Gasteiger partial charge in [-0.25, -0.2) is 0 Å². The van der Waals surface area contributed by atoms with Crippen LogP contribution in [-0.4, -0.2) is 61.9 Å². The Morgan fingerprint density at radius 1 is 1.47 bits per heavy atom. The molecule has 0 spiro atoms. The SMILES string of the molecule is CC(CO)CCCNCC(=O)N1CCOCC1. The molecule has 0 aromatic carbocycles. The average molecular weight is 244 g/mol. The van der Waals surface area contributed by atoms with Crippen molar-refractivity contribution in [1.29, 1.82) is 0 Å². The number of nitrogens with one attached hydrogen (secondary N) is 1. The highest BCUT2D eigenvalue weighted by Gasteiger charge is 2.15. The molecule has 1 atom stereocenters. The van der Waals surface area contributed by atoms with E-state index in [-0.39, 0.29) is 12.5 Å². The van der Waals surface area contributed by atoms with Crippen LogP contribution >= 0.6 is 0 Å². The van der Waals surface area contributed by atoms with E-state index in [0.717, 1.165) is 19.4 Å². The molecule has 0 aromatic heterocycles. The van der Waals surface area contributed by atoms with E-state index >= 15 is 0 Å². The summed E-state index contributed by atoms with van der Waals surface area (Å²) >= 11 is 0. The van der Waals surface area contributed by atoms with Crippen LogP contribution in [0.4, 0.5) is 0 Å². The van der Waals surface area contributed by atoms with Crippen molar-refractivity contribution in [2.45, 2.75) is 19.8 Å². The van der Waals surface area contributed by atoms with Gasteiger partial charge in [0.2, 0.25) is 5.91 Å². The van der Waals surface area contributed by atoms with E-state index in [9.17, 15) is 4.79 Å². The molecule has 0 bridgehead atoms. The van der Waals surface area contributed by atoms with Crippen LogP contribution in [-0.2, 0) is 9.53 Å². The number of morpholine rings is 1. The average Bonchev–Trinajstić information content (AvgIpc) is 2.38. The molecule has 1 saturated heterocycles. The van der Waals surface area contributed by atoms with Crippen molar-refractivity contribution >= 4 is 5.91 Å². The molecule has 1 aliphatic heterocycles. The zero-order valence-corrected chi connectivity index (χ0v) is 10.7. The predicted molar refractivity (Wildman–Crippen MR) is 65.8 cm³/mol. The maximum Gasteiger partial charge on any atom is 0.236 e. The van der Waals surface area contributed by atoms with Crippen LogP contribution in [0.1, 0.15) is 19.8 Å². The highest BCUT2D eigenvalue weighted by molar-refractivity contribution is 5.78. The van der Waals surface area contributed by atoms with Crippen LogP contribution in [0.5, 0.6) is 0 Å². The fraction of sp³-hybridized carbons (Fsp3) is 0.917. The zero-order chi connectivity index (χ0) is 12.5. The molecule has 17 heavy (non-hydrogen) atoms. The van der Waals surface area contributed by atoms with Gasteiger partial charge in [0, 0.05) is 19.7 Å². The fourth-order valence-electron chi connectivity index (χ4n) is 1.79. The molecule has 0 aliphatic carbocycles. The van der Waals surface area contributed by atoms with E-state index in [1.807, 2.05) is 11.8 Å². The number of aliphatic hydroxyl groups is 1. The number of aliphatic hydroxyl groups excluding tert-OH is 1. The molecule has 1 rings (SSSR count). The van der Waals surface area contributed by atoms with E-state index < -0.39 is 0 Å². The van der Waals surface area contributed by atoms with Crippen molar-refractivity contribution in [2.75, 3.05) is 46.0 Å². The van der Waals surface area contributed by atoms with Crippen LogP contribution in [0.15, 0.2) is 0 Å². The molecule has 0 aromatic rings. The number of nitrogens with zero attached hydrogens (tertiary/aromatic N) is 1. The van der Waals surface area contributed by atoms with Gasteiger partial charge in [-0.15, -0.1) is 0 Å². The van der Waals surface area contributed by atoms with Crippen LogP contribution in [0, 0.1) is 5.92 Å². The van der Waals surface area contributed by atoms with Crippen LogP contribution in [0.2, 0.25) is 0 Å². The molecule has 1 fully saturated rings. The Balaban J connectivity index is 2.00. The number of carbonyl (C=O) groups excluding carboxylic acids is 1. The predicted octanol–water partition coefficient (Wildman–Crippen LogP) is -0.157. The highest BCUT2D eigenvalue weighted by atomic mass is 16.5. The lowest BCUT2D eigenvalue weighted by molar-refractivity contribution is -0.134. The van der Waals surface area contributed by atoms with Gasteiger partial charge in [0.1, 0.15) is 0 Å². The second-order valence-electron chi connectivity index (χ2n) is 4.60. The van der Waals surface area contributed by atoms with Crippen LogP contribution in [0.3, 0.4) is 0 Å². The molecule has 5 nitrogen and oxygen atoms in total. The smallest absolute Gasteiger partial charge is 0.236 e. The van der Waals surface area contributed by atoms with E-state index in [1.54, 1.807) is 0 Å². The Kier molecular flexibility index (Phi) is 7.16. The number of ether oxygens (including phenoxy) is 1. The molecule has 0 saturated carbocycles. The summed E-state index contributed by atoms with van der Waals surface area (Å²) in [6, 6.07) is 0. The fourth-order valence-corrected chi connectivity index (χ4v) is 1.79. The third kappa shape index (κ3) is 6.00. The van der Waals surface area contributed by atoms with Gasteiger partial charge in [-0.3, -0.25) is 4.79 Å². The third-order valence-corrected chi connectivity index (χ3v) is 3.00.